The summed E-state index contributed by atoms with van der Waals surface area (Å²) in [6, 6.07) is 0. The number of nitrogens with zero attached hydrogens (tertiary/aromatic N) is 1. The Hall–Kier alpha value is -0.370. The molecular formula is C7H15ClN2. The van der Waals surface area contributed by atoms with Crippen molar-refractivity contribution in [3.05, 3.63) is 12.4 Å². The summed E-state index contributed by atoms with van der Waals surface area (Å²) in [5.74, 6) is 0. The maximum atomic E-state index is 3.13. The van der Waals surface area contributed by atoms with E-state index in [1.165, 1.54) is 19.4 Å². The molecule has 0 amide bonds. The molecule has 1 aliphatic rings. The first kappa shape index (κ1) is 9.63. The second-order valence-electron chi connectivity index (χ2n) is 2.34. The Bertz CT molecular complexity index is 104. The van der Waals surface area contributed by atoms with Crippen LogP contribution in [0.1, 0.15) is 19.8 Å². The van der Waals surface area contributed by atoms with Crippen molar-refractivity contribution < 1.29 is 0 Å². The Morgan fingerprint density at radius 2 is 2.40 bits per heavy atom. The Morgan fingerprint density at radius 1 is 1.60 bits per heavy atom. The molecule has 3 heteroatoms. The fraction of sp³-hybridized carbons (Fsp3) is 0.714. The van der Waals surface area contributed by atoms with Crippen molar-refractivity contribution in [2.75, 3.05) is 13.2 Å². The molecule has 0 radical (unpaired) electrons. The summed E-state index contributed by atoms with van der Waals surface area (Å²) in [6.45, 7) is 4.41. The molecule has 0 aliphatic carbocycles. The zero-order valence-corrected chi connectivity index (χ0v) is 7.16. The van der Waals surface area contributed by atoms with Crippen LogP contribution in [-0.2, 0) is 0 Å². The lowest BCUT2D eigenvalue weighted by Crippen LogP contribution is -2.21. The minimum Gasteiger partial charge on any atom is -0.373 e. The van der Waals surface area contributed by atoms with E-state index in [1.54, 1.807) is 0 Å². The Labute approximate surface area is 68.7 Å². The molecule has 1 heterocycles. The monoisotopic (exact) mass is 162 g/mol. The molecule has 1 N–H and O–H groups in total. The molecular weight excluding hydrogens is 148 g/mol. The molecule has 2 nitrogen and oxygen atoms in total. The van der Waals surface area contributed by atoms with Crippen molar-refractivity contribution in [2.45, 2.75) is 19.8 Å². The highest BCUT2D eigenvalue weighted by Gasteiger charge is 1.99. The topological polar surface area (TPSA) is 15.3 Å². The SMILES string of the molecule is CCCCN1C=CNC1.Cl. The van der Waals surface area contributed by atoms with Crippen LogP contribution in [0.5, 0.6) is 0 Å². The molecule has 0 unspecified atom stereocenters. The first-order valence-electron chi connectivity index (χ1n) is 3.57. The summed E-state index contributed by atoms with van der Waals surface area (Å²) < 4.78 is 0. The average Bonchev–Trinajstić information content (AvgIpc) is 2.34. The molecule has 0 saturated heterocycles. The number of nitrogens with one attached hydrogen (secondary N) is 1. The van der Waals surface area contributed by atoms with Crippen LogP contribution in [0.4, 0.5) is 0 Å². The van der Waals surface area contributed by atoms with Gasteiger partial charge in [-0.05, 0) is 6.42 Å². The summed E-state index contributed by atoms with van der Waals surface area (Å²) in [7, 11) is 0. The van der Waals surface area contributed by atoms with Gasteiger partial charge in [0.05, 0.1) is 6.67 Å². The quantitative estimate of drug-likeness (QED) is 0.678. The largest absolute Gasteiger partial charge is 0.373 e. The van der Waals surface area contributed by atoms with Crippen LogP contribution < -0.4 is 5.32 Å². The van der Waals surface area contributed by atoms with Crippen LogP contribution in [0, 0.1) is 0 Å². The summed E-state index contributed by atoms with van der Waals surface area (Å²) in [4.78, 5) is 2.28. The van der Waals surface area contributed by atoms with Crippen molar-refractivity contribution in [2.24, 2.45) is 0 Å². The van der Waals surface area contributed by atoms with Gasteiger partial charge in [-0.15, -0.1) is 12.4 Å². The predicted molar refractivity (Wildman–Crippen MR) is 46.0 cm³/mol. The minimum atomic E-state index is 0. The molecule has 0 aromatic rings. The molecule has 1 rings (SSSR count). The average molecular weight is 163 g/mol. The highest BCUT2D eigenvalue weighted by atomic mass is 35.5. The van der Waals surface area contributed by atoms with Gasteiger partial charge in [-0.2, -0.15) is 0 Å². The number of hydrogen-bond donors (Lipinski definition) is 1. The van der Waals surface area contributed by atoms with E-state index in [1.807, 2.05) is 6.20 Å². The molecule has 0 aromatic heterocycles. The summed E-state index contributed by atoms with van der Waals surface area (Å²) in [5.41, 5.74) is 0. The molecule has 0 atom stereocenters. The summed E-state index contributed by atoms with van der Waals surface area (Å²) >= 11 is 0. The van der Waals surface area contributed by atoms with Gasteiger partial charge in [-0.25, -0.2) is 0 Å². The zero-order chi connectivity index (χ0) is 6.53. The van der Waals surface area contributed by atoms with Gasteiger partial charge < -0.3 is 10.2 Å². The van der Waals surface area contributed by atoms with Gasteiger partial charge in [0.2, 0.25) is 0 Å². The van der Waals surface area contributed by atoms with E-state index in [2.05, 4.69) is 23.3 Å². The second-order valence-corrected chi connectivity index (χ2v) is 2.34. The van der Waals surface area contributed by atoms with E-state index in [4.69, 9.17) is 0 Å². The molecule has 0 fully saturated rings. The van der Waals surface area contributed by atoms with Crippen LogP contribution >= 0.6 is 12.4 Å². The maximum absolute atomic E-state index is 3.13. The first-order chi connectivity index (χ1) is 4.43. The predicted octanol–water partition coefficient (Wildman–Crippen LogP) is 1.54. The molecule has 0 bridgehead atoms. The van der Waals surface area contributed by atoms with Gasteiger partial charge in [0.15, 0.2) is 0 Å². The normalized spacial score (nSPS) is 14.7. The second kappa shape index (κ2) is 5.42. The Balaban J connectivity index is 0.000000810. The van der Waals surface area contributed by atoms with Gasteiger partial charge in [0.1, 0.15) is 0 Å². The van der Waals surface area contributed by atoms with Gasteiger partial charge in [0.25, 0.3) is 0 Å². The van der Waals surface area contributed by atoms with Crippen molar-refractivity contribution in [3.63, 3.8) is 0 Å². The van der Waals surface area contributed by atoms with E-state index in [9.17, 15) is 0 Å². The molecule has 0 spiro atoms. The molecule has 1 aliphatic heterocycles. The van der Waals surface area contributed by atoms with E-state index >= 15 is 0 Å². The molecule has 60 valence electrons. The lowest BCUT2D eigenvalue weighted by Gasteiger charge is -2.12. The van der Waals surface area contributed by atoms with E-state index < -0.39 is 0 Å². The number of halogens is 1. The smallest absolute Gasteiger partial charge is 0.0867 e. The molecule has 0 aromatic carbocycles. The summed E-state index contributed by atoms with van der Waals surface area (Å²) in [6.07, 6.45) is 6.68. The number of rotatable bonds is 3. The summed E-state index contributed by atoms with van der Waals surface area (Å²) in [5, 5.41) is 3.13. The van der Waals surface area contributed by atoms with Crippen LogP contribution in [0.2, 0.25) is 0 Å². The Kier molecular flexibility index (Phi) is 5.22. The zero-order valence-electron chi connectivity index (χ0n) is 6.34. The lowest BCUT2D eigenvalue weighted by molar-refractivity contribution is 0.382. The fourth-order valence-corrected chi connectivity index (χ4v) is 0.896. The first-order valence-corrected chi connectivity index (χ1v) is 3.57. The van der Waals surface area contributed by atoms with Crippen molar-refractivity contribution in [3.8, 4) is 0 Å². The van der Waals surface area contributed by atoms with E-state index in [-0.39, 0.29) is 12.4 Å². The van der Waals surface area contributed by atoms with Crippen molar-refractivity contribution in [1.29, 1.82) is 0 Å². The van der Waals surface area contributed by atoms with Crippen molar-refractivity contribution in [1.82, 2.24) is 10.2 Å². The highest BCUT2D eigenvalue weighted by molar-refractivity contribution is 5.85. The number of hydrogen-bond acceptors (Lipinski definition) is 2. The maximum Gasteiger partial charge on any atom is 0.0867 e. The lowest BCUT2D eigenvalue weighted by atomic mass is 10.3. The van der Waals surface area contributed by atoms with E-state index in [0.29, 0.717) is 0 Å². The standard InChI is InChI=1S/C7H14N2.ClH/c1-2-3-5-9-6-4-8-7-9;/h4,6,8H,2-3,5,7H2,1H3;1H. The van der Waals surface area contributed by atoms with Crippen LogP contribution in [-0.4, -0.2) is 18.1 Å². The van der Waals surface area contributed by atoms with Crippen LogP contribution in [0.25, 0.3) is 0 Å². The molecule has 10 heavy (non-hydrogen) atoms. The highest BCUT2D eigenvalue weighted by Crippen LogP contribution is 1.97. The number of unbranched alkanes of at least 4 members (excludes halogenated alkanes) is 1. The van der Waals surface area contributed by atoms with Gasteiger partial charge in [-0.1, -0.05) is 13.3 Å². The minimum absolute atomic E-state index is 0. The van der Waals surface area contributed by atoms with Gasteiger partial charge >= 0.3 is 0 Å². The molecule has 0 saturated carbocycles. The van der Waals surface area contributed by atoms with Crippen molar-refractivity contribution >= 4 is 12.4 Å². The fourth-order valence-electron chi connectivity index (χ4n) is 0.896. The third-order valence-corrected chi connectivity index (χ3v) is 1.50. The van der Waals surface area contributed by atoms with Crippen LogP contribution in [0.15, 0.2) is 12.4 Å². The van der Waals surface area contributed by atoms with Gasteiger partial charge in [0, 0.05) is 18.9 Å². The van der Waals surface area contributed by atoms with Crippen LogP contribution in [0.3, 0.4) is 0 Å². The third kappa shape index (κ3) is 2.97. The Morgan fingerprint density at radius 3 is 2.90 bits per heavy atom. The van der Waals surface area contributed by atoms with Gasteiger partial charge in [-0.3, -0.25) is 0 Å². The van der Waals surface area contributed by atoms with E-state index in [0.717, 1.165) is 6.67 Å². The third-order valence-electron chi connectivity index (χ3n) is 1.50.